The van der Waals surface area contributed by atoms with Gasteiger partial charge in [0.25, 0.3) is 5.91 Å². The van der Waals surface area contributed by atoms with Crippen molar-refractivity contribution >= 4 is 22.9 Å². The molecule has 0 aromatic carbocycles. The Morgan fingerprint density at radius 2 is 2.47 bits per heavy atom. The molecule has 3 N–H and O–H groups in total. The summed E-state index contributed by atoms with van der Waals surface area (Å²) in [6, 6.07) is 1.73. The number of aryl methyl sites for hydroxylation is 1. The van der Waals surface area contributed by atoms with Crippen molar-refractivity contribution < 1.29 is 9.53 Å². The third-order valence-corrected chi connectivity index (χ3v) is 4.01. The number of rotatable bonds is 3. The average molecular weight is 254 g/mol. The molecule has 1 unspecified atom stereocenters. The van der Waals surface area contributed by atoms with Gasteiger partial charge in [0.2, 0.25) is 0 Å². The van der Waals surface area contributed by atoms with Gasteiger partial charge in [-0.2, -0.15) is 0 Å². The summed E-state index contributed by atoms with van der Waals surface area (Å²) < 4.78 is 5.56. The highest BCUT2D eigenvalue weighted by Crippen LogP contribution is 2.23. The van der Waals surface area contributed by atoms with Gasteiger partial charge < -0.3 is 15.8 Å². The Bertz CT molecular complexity index is 378. The molecule has 1 aromatic rings. The zero-order valence-electron chi connectivity index (χ0n) is 9.99. The van der Waals surface area contributed by atoms with Gasteiger partial charge in [-0.3, -0.25) is 4.79 Å². The molecule has 2 rings (SSSR count). The minimum atomic E-state index is -0.0519. The van der Waals surface area contributed by atoms with E-state index in [9.17, 15) is 4.79 Å². The number of thiophene rings is 1. The topological polar surface area (TPSA) is 64.3 Å². The molecular weight excluding hydrogens is 236 g/mol. The average Bonchev–Trinajstić information content (AvgIpc) is 2.68. The van der Waals surface area contributed by atoms with Crippen molar-refractivity contribution in [3.05, 3.63) is 15.8 Å². The number of anilines is 1. The molecule has 94 valence electrons. The number of nitrogen functional groups attached to an aromatic ring is 1. The van der Waals surface area contributed by atoms with Gasteiger partial charge in [-0.15, -0.1) is 11.3 Å². The van der Waals surface area contributed by atoms with Gasteiger partial charge in [0.1, 0.15) is 0 Å². The fourth-order valence-electron chi connectivity index (χ4n) is 1.87. The van der Waals surface area contributed by atoms with Gasteiger partial charge in [-0.1, -0.05) is 0 Å². The van der Waals surface area contributed by atoms with Crippen molar-refractivity contribution in [3.63, 3.8) is 0 Å². The van der Waals surface area contributed by atoms with Crippen LogP contribution in [0.25, 0.3) is 0 Å². The van der Waals surface area contributed by atoms with Gasteiger partial charge in [-0.05, 0) is 32.3 Å². The Morgan fingerprint density at radius 1 is 1.65 bits per heavy atom. The second-order valence-electron chi connectivity index (χ2n) is 4.32. The van der Waals surface area contributed by atoms with Crippen LogP contribution in [0.5, 0.6) is 0 Å². The van der Waals surface area contributed by atoms with Crippen LogP contribution < -0.4 is 11.1 Å². The predicted octanol–water partition coefficient (Wildman–Crippen LogP) is 1.94. The maximum absolute atomic E-state index is 11.8. The molecule has 17 heavy (non-hydrogen) atoms. The number of nitrogens with two attached hydrogens (primary N) is 1. The van der Waals surface area contributed by atoms with Crippen LogP contribution in [0.2, 0.25) is 0 Å². The Morgan fingerprint density at radius 3 is 3.06 bits per heavy atom. The largest absolute Gasteiger partial charge is 0.398 e. The molecule has 5 heteroatoms. The van der Waals surface area contributed by atoms with Crippen LogP contribution >= 0.6 is 11.3 Å². The van der Waals surface area contributed by atoms with Crippen molar-refractivity contribution in [2.24, 2.45) is 0 Å². The fourth-order valence-corrected chi connectivity index (χ4v) is 2.73. The molecule has 1 fully saturated rings. The predicted molar refractivity (Wildman–Crippen MR) is 69.4 cm³/mol. The molecule has 1 aliphatic rings. The van der Waals surface area contributed by atoms with E-state index in [4.69, 9.17) is 10.5 Å². The molecule has 1 saturated heterocycles. The first-order valence-electron chi connectivity index (χ1n) is 5.92. The normalized spacial score (nSPS) is 20.2. The molecule has 0 radical (unpaired) electrons. The minimum absolute atomic E-state index is 0.0519. The van der Waals surface area contributed by atoms with Crippen LogP contribution in [-0.2, 0) is 4.74 Å². The van der Waals surface area contributed by atoms with Gasteiger partial charge in [-0.25, -0.2) is 0 Å². The van der Waals surface area contributed by atoms with Crippen molar-refractivity contribution in [2.45, 2.75) is 32.3 Å². The highest BCUT2D eigenvalue weighted by molar-refractivity contribution is 7.14. The first-order valence-corrected chi connectivity index (χ1v) is 6.74. The summed E-state index contributed by atoms with van der Waals surface area (Å²) in [5.41, 5.74) is 6.41. The summed E-state index contributed by atoms with van der Waals surface area (Å²) in [7, 11) is 0. The van der Waals surface area contributed by atoms with Crippen LogP contribution in [0.3, 0.4) is 0 Å². The van der Waals surface area contributed by atoms with Gasteiger partial charge in [0, 0.05) is 23.7 Å². The van der Waals surface area contributed by atoms with Gasteiger partial charge >= 0.3 is 0 Å². The minimum Gasteiger partial charge on any atom is -0.398 e. The molecule has 4 nitrogen and oxygen atoms in total. The zero-order valence-corrected chi connectivity index (χ0v) is 10.8. The number of ether oxygens (including phenoxy) is 1. The van der Waals surface area contributed by atoms with Gasteiger partial charge in [0.15, 0.2) is 0 Å². The SMILES string of the molecule is Cc1sc(C(=O)NCC2CCCCO2)cc1N. The lowest BCUT2D eigenvalue weighted by Gasteiger charge is -2.22. The monoisotopic (exact) mass is 254 g/mol. The lowest BCUT2D eigenvalue weighted by atomic mass is 10.1. The lowest BCUT2D eigenvalue weighted by Crippen LogP contribution is -2.35. The molecule has 0 spiro atoms. The van der Waals surface area contributed by atoms with E-state index in [0.29, 0.717) is 17.1 Å². The Labute approximate surface area is 105 Å². The smallest absolute Gasteiger partial charge is 0.261 e. The molecule has 1 aromatic heterocycles. The molecule has 1 amide bonds. The highest BCUT2D eigenvalue weighted by Gasteiger charge is 2.16. The number of nitrogens with one attached hydrogen (secondary N) is 1. The first kappa shape index (κ1) is 12.4. The zero-order chi connectivity index (χ0) is 12.3. The van der Waals surface area contributed by atoms with E-state index >= 15 is 0 Å². The second kappa shape index (κ2) is 5.51. The van der Waals surface area contributed by atoms with Crippen LogP contribution in [-0.4, -0.2) is 25.2 Å². The number of hydrogen-bond donors (Lipinski definition) is 2. The summed E-state index contributed by atoms with van der Waals surface area (Å²) in [4.78, 5) is 13.5. The van der Waals surface area contributed by atoms with Crippen molar-refractivity contribution in [1.82, 2.24) is 5.32 Å². The Balaban J connectivity index is 1.84. The van der Waals surface area contributed by atoms with Crippen LogP contribution in [0, 0.1) is 6.92 Å². The van der Waals surface area contributed by atoms with Crippen molar-refractivity contribution in [1.29, 1.82) is 0 Å². The lowest BCUT2D eigenvalue weighted by molar-refractivity contribution is 0.0169. The maximum Gasteiger partial charge on any atom is 0.261 e. The quantitative estimate of drug-likeness (QED) is 0.866. The number of amides is 1. The van der Waals surface area contributed by atoms with E-state index in [1.54, 1.807) is 6.07 Å². The summed E-state index contributed by atoms with van der Waals surface area (Å²) in [6.07, 6.45) is 3.52. The van der Waals surface area contributed by atoms with Crippen molar-refractivity contribution in [3.8, 4) is 0 Å². The molecule has 1 aliphatic heterocycles. The summed E-state index contributed by atoms with van der Waals surface area (Å²) >= 11 is 1.43. The first-order chi connectivity index (χ1) is 8.16. The summed E-state index contributed by atoms with van der Waals surface area (Å²) in [5.74, 6) is -0.0519. The summed E-state index contributed by atoms with van der Waals surface area (Å²) in [6.45, 7) is 3.32. The van der Waals surface area contributed by atoms with E-state index < -0.39 is 0 Å². The standard InChI is InChI=1S/C12H18N2O2S/c1-8-10(13)6-11(17-8)12(15)14-7-9-4-2-3-5-16-9/h6,9H,2-5,7,13H2,1H3,(H,14,15). The van der Waals surface area contributed by atoms with E-state index in [1.807, 2.05) is 6.92 Å². The third kappa shape index (κ3) is 3.20. The maximum atomic E-state index is 11.8. The molecule has 0 aliphatic carbocycles. The van der Waals surface area contributed by atoms with E-state index in [2.05, 4.69) is 5.32 Å². The Hall–Kier alpha value is -1.07. The number of carbonyl (C=O) groups excluding carboxylic acids is 1. The molecule has 0 saturated carbocycles. The van der Waals surface area contributed by atoms with Gasteiger partial charge in [0.05, 0.1) is 11.0 Å². The highest BCUT2D eigenvalue weighted by atomic mass is 32.1. The molecule has 1 atom stereocenters. The summed E-state index contributed by atoms with van der Waals surface area (Å²) in [5, 5.41) is 2.90. The van der Waals surface area contributed by atoms with E-state index in [1.165, 1.54) is 17.8 Å². The Kier molecular flexibility index (Phi) is 4.02. The molecule has 2 heterocycles. The van der Waals surface area contributed by atoms with Crippen molar-refractivity contribution in [2.75, 3.05) is 18.9 Å². The van der Waals surface area contributed by atoms with E-state index in [-0.39, 0.29) is 12.0 Å². The third-order valence-electron chi connectivity index (χ3n) is 2.94. The second-order valence-corrected chi connectivity index (χ2v) is 5.58. The number of hydrogen-bond acceptors (Lipinski definition) is 4. The van der Waals surface area contributed by atoms with Crippen LogP contribution in [0.4, 0.5) is 5.69 Å². The molecule has 0 bridgehead atoms. The van der Waals surface area contributed by atoms with E-state index in [0.717, 1.165) is 24.3 Å². The van der Waals surface area contributed by atoms with Crippen LogP contribution in [0.15, 0.2) is 6.07 Å². The molecular formula is C12H18N2O2S. The fraction of sp³-hybridized carbons (Fsp3) is 0.583. The van der Waals surface area contributed by atoms with Crippen LogP contribution in [0.1, 0.15) is 33.8 Å². The number of carbonyl (C=O) groups is 1.